The lowest BCUT2D eigenvalue weighted by molar-refractivity contribution is -0.140. The maximum atomic E-state index is 13.3. The zero-order valence-electron chi connectivity index (χ0n) is 19.7. The van der Waals surface area contributed by atoms with Crippen molar-refractivity contribution in [1.82, 2.24) is 20.1 Å². The molecule has 1 N–H and O–H groups in total. The predicted molar refractivity (Wildman–Crippen MR) is 123 cm³/mol. The van der Waals surface area contributed by atoms with Gasteiger partial charge in [-0.3, -0.25) is 4.98 Å². The molecule has 2 aromatic rings. The number of ether oxygens (including phenoxy) is 1. The molecule has 0 radical (unpaired) electrons. The van der Waals surface area contributed by atoms with Crippen molar-refractivity contribution in [3.63, 3.8) is 0 Å². The van der Waals surface area contributed by atoms with Crippen LogP contribution in [0, 0.1) is 17.8 Å². The van der Waals surface area contributed by atoms with Crippen LogP contribution in [0.3, 0.4) is 0 Å². The van der Waals surface area contributed by atoms with E-state index < -0.39 is 11.9 Å². The molecule has 6 nitrogen and oxygen atoms in total. The minimum atomic E-state index is -4.54. The number of halogens is 3. The Bertz CT molecular complexity index is 983. The van der Waals surface area contributed by atoms with Crippen LogP contribution in [-0.2, 0) is 10.9 Å². The number of likely N-dealkylation sites (tertiary alicyclic amines) is 1. The van der Waals surface area contributed by atoms with Crippen molar-refractivity contribution in [2.24, 2.45) is 17.8 Å². The fourth-order valence-electron chi connectivity index (χ4n) is 6.14. The summed E-state index contributed by atoms with van der Waals surface area (Å²) in [4.78, 5) is 6.13. The van der Waals surface area contributed by atoms with Gasteiger partial charge in [-0.25, -0.2) is 0 Å². The predicted octanol–water partition coefficient (Wildman–Crippen LogP) is 4.88. The third-order valence-electron chi connectivity index (χ3n) is 7.51. The van der Waals surface area contributed by atoms with Gasteiger partial charge in [0.1, 0.15) is 5.82 Å². The molecule has 184 valence electrons. The monoisotopic (exact) mass is 475 g/mol. The van der Waals surface area contributed by atoms with Gasteiger partial charge in [0, 0.05) is 44.0 Å². The first-order valence-electron chi connectivity index (χ1n) is 12.2. The highest BCUT2D eigenvalue weighted by atomic mass is 19.4. The van der Waals surface area contributed by atoms with Gasteiger partial charge in [0.05, 0.1) is 11.3 Å². The van der Waals surface area contributed by atoms with E-state index in [1.54, 1.807) is 12.1 Å². The first-order valence-corrected chi connectivity index (χ1v) is 12.2. The smallest absolute Gasteiger partial charge is 0.376 e. The number of nitrogens with zero attached hydrogens (tertiary/aromatic N) is 4. The summed E-state index contributed by atoms with van der Waals surface area (Å²) in [6.45, 7) is 8.70. The van der Waals surface area contributed by atoms with Gasteiger partial charge in [0.2, 0.25) is 0 Å². The third-order valence-corrected chi connectivity index (χ3v) is 7.51. The average Bonchev–Trinajstić information content (AvgIpc) is 3.31. The third kappa shape index (κ3) is 5.20. The normalized spacial score (nSPS) is 29.2. The van der Waals surface area contributed by atoms with Crippen LogP contribution in [0.15, 0.2) is 30.5 Å². The van der Waals surface area contributed by atoms with Crippen molar-refractivity contribution in [2.75, 3.05) is 31.6 Å². The Morgan fingerprint density at radius 1 is 1.12 bits per heavy atom. The number of hydrogen-bond acceptors (Lipinski definition) is 6. The van der Waals surface area contributed by atoms with E-state index in [4.69, 9.17) is 4.74 Å². The Hall–Kier alpha value is -2.26. The molecule has 0 bridgehead atoms. The first-order chi connectivity index (χ1) is 16.2. The van der Waals surface area contributed by atoms with Crippen LogP contribution in [-0.4, -0.2) is 58.0 Å². The second kappa shape index (κ2) is 9.07. The van der Waals surface area contributed by atoms with Crippen LogP contribution in [0.25, 0.3) is 11.3 Å². The summed E-state index contributed by atoms with van der Waals surface area (Å²) in [7, 11) is 0. The molecule has 1 saturated carbocycles. The number of aromatic nitrogens is 3. The molecule has 5 rings (SSSR count). The van der Waals surface area contributed by atoms with E-state index in [0.29, 0.717) is 29.6 Å². The molecule has 3 aliphatic rings. The van der Waals surface area contributed by atoms with Crippen LogP contribution >= 0.6 is 0 Å². The van der Waals surface area contributed by atoms with Crippen LogP contribution in [0.4, 0.5) is 19.0 Å². The Labute approximate surface area is 198 Å². The number of nitrogens with one attached hydrogen (secondary N) is 1. The number of alkyl halides is 3. The average molecular weight is 476 g/mol. The molecule has 2 aromatic heterocycles. The Kier molecular flexibility index (Phi) is 6.27. The van der Waals surface area contributed by atoms with Gasteiger partial charge < -0.3 is 15.0 Å². The molecule has 4 heterocycles. The molecule has 34 heavy (non-hydrogen) atoms. The summed E-state index contributed by atoms with van der Waals surface area (Å²) in [5.74, 6) is 2.68. The molecule has 2 unspecified atom stereocenters. The van der Waals surface area contributed by atoms with Crippen molar-refractivity contribution >= 4 is 5.82 Å². The van der Waals surface area contributed by atoms with Crippen LogP contribution in [0.1, 0.15) is 45.2 Å². The molecule has 9 heteroatoms. The molecular weight excluding hydrogens is 443 g/mol. The number of anilines is 1. The zero-order chi connectivity index (χ0) is 23.9. The number of fused-ring (bicyclic) bond motifs is 1. The lowest BCUT2D eigenvalue weighted by Crippen LogP contribution is -2.39. The minimum absolute atomic E-state index is 0.00452. The Morgan fingerprint density at radius 3 is 2.53 bits per heavy atom. The summed E-state index contributed by atoms with van der Waals surface area (Å²) in [6, 6.07) is 6.46. The molecule has 3 fully saturated rings. The molecule has 2 aliphatic heterocycles. The highest BCUT2D eigenvalue weighted by molar-refractivity contribution is 5.62. The fourth-order valence-corrected chi connectivity index (χ4v) is 6.14. The van der Waals surface area contributed by atoms with E-state index in [-0.39, 0.29) is 16.9 Å². The quantitative estimate of drug-likeness (QED) is 0.665. The molecule has 2 saturated heterocycles. The Balaban J connectivity index is 1.15. The largest absolute Gasteiger partial charge is 0.434 e. The van der Waals surface area contributed by atoms with Gasteiger partial charge >= 0.3 is 6.18 Å². The van der Waals surface area contributed by atoms with Crippen LogP contribution in [0.5, 0.6) is 0 Å². The van der Waals surface area contributed by atoms with Crippen molar-refractivity contribution in [3.05, 3.63) is 36.2 Å². The van der Waals surface area contributed by atoms with E-state index in [2.05, 4.69) is 39.2 Å². The van der Waals surface area contributed by atoms with E-state index in [1.165, 1.54) is 18.7 Å². The maximum absolute atomic E-state index is 13.3. The summed E-state index contributed by atoms with van der Waals surface area (Å²) in [6.07, 6.45) is 1.05. The Morgan fingerprint density at radius 2 is 1.88 bits per heavy atom. The summed E-state index contributed by atoms with van der Waals surface area (Å²) >= 11 is 0. The molecule has 1 aliphatic carbocycles. The molecule has 0 aromatic carbocycles. The maximum Gasteiger partial charge on any atom is 0.434 e. The number of hydrogen-bond donors (Lipinski definition) is 1. The van der Waals surface area contributed by atoms with E-state index in [9.17, 15) is 13.2 Å². The number of rotatable bonds is 5. The highest BCUT2D eigenvalue weighted by Crippen LogP contribution is 2.40. The second-order valence-electron chi connectivity index (χ2n) is 10.7. The van der Waals surface area contributed by atoms with E-state index in [1.807, 2.05) is 0 Å². The van der Waals surface area contributed by atoms with E-state index in [0.717, 1.165) is 51.6 Å². The molecule has 0 spiro atoms. The van der Waals surface area contributed by atoms with Crippen molar-refractivity contribution < 1.29 is 17.9 Å². The second-order valence-corrected chi connectivity index (χ2v) is 10.7. The van der Waals surface area contributed by atoms with Gasteiger partial charge in [0.15, 0.2) is 5.69 Å². The van der Waals surface area contributed by atoms with Gasteiger partial charge in [-0.05, 0) is 81.5 Å². The van der Waals surface area contributed by atoms with Crippen molar-refractivity contribution in [1.29, 1.82) is 0 Å². The minimum Gasteiger partial charge on any atom is -0.376 e. The van der Waals surface area contributed by atoms with Gasteiger partial charge in [-0.15, -0.1) is 10.2 Å². The first kappa shape index (κ1) is 23.5. The lowest BCUT2D eigenvalue weighted by Gasteiger charge is -2.37. The van der Waals surface area contributed by atoms with Gasteiger partial charge in [0.25, 0.3) is 0 Å². The van der Waals surface area contributed by atoms with Gasteiger partial charge in [-0.2, -0.15) is 13.2 Å². The van der Waals surface area contributed by atoms with Crippen LogP contribution in [0.2, 0.25) is 0 Å². The van der Waals surface area contributed by atoms with E-state index >= 15 is 0 Å². The summed E-state index contributed by atoms with van der Waals surface area (Å²) < 4.78 is 45.6. The molecule has 0 amide bonds. The lowest BCUT2D eigenvalue weighted by atomic mass is 9.88. The molecular formula is C25H32F3N5O. The van der Waals surface area contributed by atoms with Gasteiger partial charge in [-0.1, -0.05) is 0 Å². The van der Waals surface area contributed by atoms with Crippen LogP contribution < -0.4 is 5.32 Å². The number of pyridine rings is 1. The summed E-state index contributed by atoms with van der Waals surface area (Å²) in [5.41, 5.74) is -0.837. The highest BCUT2D eigenvalue weighted by Gasteiger charge is 2.42. The fraction of sp³-hybridized carbons (Fsp3) is 0.640. The summed E-state index contributed by atoms with van der Waals surface area (Å²) in [5, 5.41) is 11.7. The van der Waals surface area contributed by atoms with Crippen molar-refractivity contribution in [3.8, 4) is 11.3 Å². The molecule has 4 atom stereocenters. The standard InChI is InChI=1S/C25H32F3N5O/c1-24(2)12-16(7-9-34-24)13-33-14-17-10-19(11-18(17)15-33)30-22-6-5-21(31-32-22)20-4-3-8-29-23(20)25(26,27)28/h3-6,8,16-19H,7,9-15H2,1-2H3,(H,30,32)/t16?,17-,18+,19?. The topological polar surface area (TPSA) is 63.2 Å². The SMILES string of the molecule is CC1(C)CC(CN2C[C@H]3CC(Nc4ccc(-c5cccnc5C(F)(F)F)nn4)C[C@H]3C2)CCO1. The van der Waals surface area contributed by atoms with Crippen molar-refractivity contribution in [2.45, 2.75) is 57.3 Å². The zero-order valence-corrected chi connectivity index (χ0v) is 19.7.